The van der Waals surface area contributed by atoms with Crippen LogP contribution in [0.4, 0.5) is 16.2 Å². The SMILES string of the molecule is O=C(Nc1cccc2[nH]ccc12)Nc1cccc2[nH]ccc12. The third kappa shape index (κ3) is 2.09. The highest BCUT2D eigenvalue weighted by atomic mass is 16.2. The number of fused-ring (bicyclic) bond motifs is 2. The largest absolute Gasteiger partial charge is 0.361 e. The predicted molar refractivity (Wildman–Crippen MR) is 89.2 cm³/mol. The van der Waals surface area contributed by atoms with E-state index in [1.165, 1.54) is 0 Å². The Bertz CT molecular complexity index is 889. The van der Waals surface area contributed by atoms with Gasteiger partial charge in [-0.05, 0) is 36.4 Å². The molecule has 0 unspecified atom stereocenters. The van der Waals surface area contributed by atoms with Crippen LogP contribution in [-0.2, 0) is 0 Å². The Morgan fingerprint density at radius 1 is 0.727 bits per heavy atom. The first-order valence-electron chi connectivity index (χ1n) is 7.01. The predicted octanol–water partition coefficient (Wildman–Crippen LogP) is 4.29. The van der Waals surface area contributed by atoms with Gasteiger partial charge in [0.1, 0.15) is 0 Å². The number of rotatable bonds is 2. The lowest BCUT2D eigenvalue weighted by molar-refractivity contribution is 0.262. The van der Waals surface area contributed by atoms with Gasteiger partial charge in [-0.25, -0.2) is 4.79 Å². The lowest BCUT2D eigenvalue weighted by atomic mass is 10.2. The van der Waals surface area contributed by atoms with Gasteiger partial charge in [0, 0.05) is 34.2 Å². The van der Waals surface area contributed by atoms with Gasteiger partial charge in [-0.1, -0.05) is 12.1 Å². The van der Waals surface area contributed by atoms with E-state index in [0.717, 1.165) is 33.2 Å². The van der Waals surface area contributed by atoms with Crippen molar-refractivity contribution >= 4 is 39.2 Å². The molecule has 0 saturated carbocycles. The molecule has 2 heterocycles. The molecule has 0 radical (unpaired) electrons. The number of nitrogens with one attached hydrogen (secondary N) is 4. The van der Waals surface area contributed by atoms with Crippen LogP contribution in [0.5, 0.6) is 0 Å². The van der Waals surface area contributed by atoms with Gasteiger partial charge >= 0.3 is 6.03 Å². The lowest BCUT2D eigenvalue weighted by Gasteiger charge is -2.09. The molecule has 0 fully saturated rings. The second kappa shape index (κ2) is 4.96. The maximum Gasteiger partial charge on any atom is 0.323 e. The fourth-order valence-corrected chi connectivity index (χ4v) is 2.66. The van der Waals surface area contributed by atoms with Crippen LogP contribution in [-0.4, -0.2) is 16.0 Å². The molecule has 0 bridgehead atoms. The first-order valence-corrected chi connectivity index (χ1v) is 7.01. The van der Waals surface area contributed by atoms with Crippen LogP contribution in [0.2, 0.25) is 0 Å². The Balaban J connectivity index is 1.60. The van der Waals surface area contributed by atoms with Crippen molar-refractivity contribution in [3.63, 3.8) is 0 Å². The van der Waals surface area contributed by atoms with Crippen LogP contribution in [0.15, 0.2) is 60.9 Å². The summed E-state index contributed by atoms with van der Waals surface area (Å²) in [6, 6.07) is 15.1. The van der Waals surface area contributed by atoms with Crippen molar-refractivity contribution in [3.05, 3.63) is 60.9 Å². The summed E-state index contributed by atoms with van der Waals surface area (Å²) in [5.74, 6) is 0. The van der Waals surface area contributed by atoms with E-state index < -0.39 is 0 Å². The highest BCUT2D eigenvalue weighted by Crippen LogP contribution is 2.24. The topological polar surface area (TPSA) is 72.7 Å². The molecule has 0 saturated heterocycles. The Labute approximate surface area is 126 Å². The van der Waals surface area contributed by atoms with Gasteiger partial charge in [0.15, 0.2) is 0 Å². The number of hydrogen-bond acceptors (Lipinski definition) is 1. The van der Waals surface area contributed by atoms with Crippen LogP contribution < -0.4 is 10.6 Å². The minimum atomic E-state index is -0.262. The summed E-state index contributed by atoms with van der Waals surface area (Å²) in [5, 5.41) is 7.76. The summed E-state index contributed by atoms with van der Waals surface area (Å²) in [4.78, 5) is 18.5. The third-order valence-electron chi connectivity index (χ3n) is 3.69. The van der Waals surface area contributed by atoms with Gasteiger partial charge in [-0.2, -0.15) is 0 Å². The fraction of sp³-hybridized carbons (Fsp3) is 0. The number of carbonyl (C=O) groups excluding carboxylic acids is 1. The molecule has 4 aromatic rings. The number of aromatic amines is 2. The minimum absolute atomic E-state index is 0.262. The molecule has 0 spiro atoms. The van der Waals surface area contributed by atoms with Crippen LogP contribution in [0.3, 0.4) is 0 Å². The maximum absolute atomic E-state index is 12.3. The van der Waals surface area contributed by atoms with E-state index in [1.807, 2.05) is 60.9 Å². The molecule has 0 aliphatic heterocycles. The number of urea groups is 1. The average Bonchev–Trinajstić information content (AvgIpc) is 3.16. The smallest absolute Gasteiger partial charge is 0.323 e. The molecule has 108 valence electrons. The monoisotopic (exact) mass is 290 g/mol. The second-order valence-electron chi connectivity index (χ2n) is 5.07. The van der Waals surface area contributed by atoms with Gasteiger partial charge in [0.25, 0.3) is 0 Å². The standard InChI is InChI=1S/C17H14N4O/c22-17(20-15-5-1-3-13-11(15)7-9-18-13)21-16-6-2-4-14-12(16)8-10-19-14/h1-10,18-19H,(H2,20,21,22). The fourth-order valence-electron chi connectivity index (χ4n) is 2.66. The Morgan fingerprint density at radius 3 is 1.73 bits per heavy atom. The zero-order valence-corrected chi connectivity index (χ0v) is 11.7. The molecule has 5 nitrogen and oxygen atoms in total. The quantitative estimate of drug-likeness (QED) is 0.437. The van der Waals surface area contributed by atoms with Crippen LogP contribution in [0, 0.1) is 0 Å². The normalized spacial score (nSPS) is 10.9. The third-order valence-corrected chi connectivity index (χ3v) is 3.69. The van der Waals surface area contributed by atoms with Crippen molar-refractivity contribution in [2.75, 3.05) is 10.6 Å². The van der Waals surface area contributed by atoms with Gasteiger partial charge in [-0.3, -0.25) is 0 Å². The first kappa shape index (κ1) is 12.5. The Morgan fingerprint density at radius 2 is 1.23 bits per heavy atom. The van der Waals surface area contributed by atoms with Crippen molar-refractivity contribution in [1.29, 1.82) is 0 Å². The number of carbonyl (C=O) groups is 1. The number of H-pyrrole nitrogens is 2. The van der Waals surface area contributed by atoms with Crippen molar-refractivity contribution in [2.24, 2.45) is 0 Å². The van der Waals surface area contributed by atoms with E-state index in [2.05, 4.69) is 20.6 Å². The first-order chi connectivity index (χ1) is 10.8. The molecule has 4 N–H and O–H groups in total. The van der Waals surface area contributed by atoms with E-state index in [4.69, 9.17) is 0 Å². The van der Waals surface area contributed by atoms with Gasteiger partial charge in [0.05, 0.1) is 11.4 Å². The van der Waals surface area contributed by atoms with Crippen molar-refractivity contribution in [2.45, 2.75) is 0 Å². The summed E-state index contributed by atoms with van der Waals surface area (Å²) in [6.45, 7) is 0. The Hall–Kier alpha value is -3.21. The molecule has 0 aliphatic rings. The zero-order valence-electron chi connectivity index (χ0n) is 11.7. The van der Waals surface area contributed by atoms with Gasteiger partial charge in [-0.15, -0.1) is 0 Å². The molecular formula is C17H14N4O. The second-order valence-corrected chi connectivity index (χ2v) is 5.07. The maximum atomic E-state index is 12.3. The molecule has 2 aromatic heterocycles. The highest BCUT2D eigenvalue weighted by molar-refractivity contribution is 6.08. The summed E-state index contributed by atoms with van der Waals surface area (Å²) in [6.07, 6.45) is 3.71. The zero-order chi connectivity index (χ0) is 14.9. The summed E-state index contributed by atoms with van der Waals surface area (Å²) < 4.78 is 0. The van der Waals surface area contributed by atoms with Crippen molar-refractivity contribution in [3.8, 4) is 0 Å². The molecular weight excluding hydrogens is 276 g/mol. The number of amides is 2. The highest BCUT2D eigenvalue weighted by Gasteiger charge is 2.08. The molecule has 0 atom stereocenters. The van der Waals surface area contributed by atoms with Crippen LogP contribution >= 0.6 is 0 Å². The van der Waals surface area contributed by atoms with Crippen molar-refractivity contribution in [1.82, 2.24) is 9.97 Å². The van der Waals surface area contributed by atoms with E-state index in [-0.39, 0.29) is 6.03 Å². The Kier molecular flexibility index (Phi) is 2.83. The van der Waals surface area contributed by atoms with Gasteiger partial charge in [0.2, 0.25) is 0 Å². The molecule has 4 rings (SSSR count). The van der Waals surface area contributed by atoms with Crippen LogP contribution in [0.1, 0.15) is 0 Å². The van der Waals surface area contributed by atoms with E-state index in [0.29, 0.717) is 0 Å². The molecule has 0 aliphatic carbocycles. The number of benzene rings is 2. The average molecular weight is 290 g/mol. The van der Waals surface area contributed by atoms with E-state index in [1.54, 1.807) is 0 Å². The van der Waals surface area contributed by atoms with Crippen LogP contribution in [0.25, 0.3) is 21.8 Å². The number of anilines is 2. The molecule has 2 aromatic carbocycles. The summed E-state index contributed by atoms with van der Waals surface area (Å²) in [7, 11) is 0. The van der Waals surface area contributed by atoms with Gasteiger partial charge < -0.3 is 20.6 Å². The summed E-state index contributed by atoms with van der Waals surface area (Å²) in [5.41, 5.74) is 3.53. The van der Waals surface area contributed by atoms with E-state index in [9.17, 15) is 4.79 Å². The molecule has 2 amide bonds. The van der Waals surface area contributed by atoms with Crippen molar-refractivity contribution < 1.29 is 4.79 Å². The number of hydrogen-bond donors (Lipinski definition) is 4. The lowest BCUT2D eigenvalue weighted by Crippen LogP contribution is -2.19. The molecule has 5 heteroatoms. The summed E-state index contributed by atoms with van der Waals surface area (Å²) >= 11 is 0. The molecule has 22 heavy (non-hydrogen) atoms. The number of aromatic nitrogens is 2. The minimum Gasteiger partial charge on any atom is -0.361 e. The van der Waals surface area contributed by atoms with E-state index >= 15 is 0 Å².